The SMILES string of the molecule is CC(=O)Nc1ccc(/N=N/c2c(SOOO)cc3cc(S(=O)(=O)O)c(/N=N/c4ccc([N+](=O)[O-])c(S(=O)(=O)O)c4)c(O)c3c2O)c(S(=O)(=O)O)c1. The van der Waals surface area contributed by atoms with E-state index in [-0.39, 0.29) is 22.6 Å². The summed E-state index contributed by atoms with van der Waals surface area (Å²) in [4.78, 5) is 17.8. The van der Waals surface area contributed by atoms with Crippen molar-refractivity contribution in [2.24, 2.45) is 20.5 Å². The summed E-state index contributed by atoms with van der Waals surface area (Å²) in [5.41, 5.74) is -4.03. The second kappa shape index (κ2) is 14.6. The number of phenols is 2. The molecule has 0 radical (unpaired) electrons. The monoisotopic (exact) mass is 790 g/mol. The summed E-state index contributed by atoms with van der Waals surface area (Å²) in [7, 11) is -15.5. The van der Waals surface area contributed by atoms with Crippen molar-refractivity contribution in [1.29, 1.82) is 0 Å². The number of nitro benzene ring substituents is 1. The second-order valence-electron chi connectivity index (χ2n) is 9.57. The normalized spacial score (nSPS) is 12.6. The van der Waals surface area contributed by atoms with Gasteiger partial charge >= 0.3 is 10.1 Å². The molecular formula is C24H18N6O17S4. The number of hydrogen-bond acceptors (Lipinski definition) is 19. The topological polar surface area (TPSA) is 364 Å². The lowest BCUT2D eigenvalue weighted by Crippen LogP contribution is -2.07. The zero-order chi connectivity index (χ0) is 38.1. The van der Waals surface area contributed by atoms with Crippen molar-refractivity contribution < 1.29 is 73.5 Å². The van der Waals surface area contributed by atoms with E-state index >= 15 is 0 Å². The van der Waals surface area contributed by atoms with Crippen LogP contribution >= 0.6 is 12.0 Å². The molecule has 27 heteroatoms. The Morgan fingerprint density at radius 3 is 1.98 bits per heavy atom. The number of phenolic OH excluding ortho intramolecular Hbond substituents is 2. The van der Waals surface area contributed by atoms with Crippen LogP contribution in [0.1, 0.15) is 6.92 Å². The minimum Gasteiger partial charge on any atom is -0.505 e. The molecule has 4 rings (SSSR count). The molecule has 0 saturated heterocycles. The Morgan fingerprint density at radius 1 is 0.804 bits per heavy atom. The maximum atomic E-state index is 12.3. The molecule has 23 nitrogen and oxygen atoms in total. The summed E-state index contributed by atoms with van der Waals surface area (Å²) in [6.45, 7) is 1.12. The van der Waals surface area contributed by atoms with Crippen LogP contribution < -0.4 is 5.32 Å². The van der Waals surface area contributed by atoms with Gasteiger partial charge in [0.2, 0.25) is 5.91 Å². The van der Waals surface area contributed by atoms with Gasteiger partial charge in [0.1, 0.15) is 26.9 Å². The first kappa shape index (κ1) is 38.6. The Hall–Kier alpha value is -5.23. The molecule has 0 unspecified atom stereocenters. The van der Waals surface area contributed by atoms with Crippen LogP contribution in [0.2, 0.25) is 0 Å². The number of benzene rings is 4. The van der Waals surface area contributed by atoms with E-state index < -0.39 is 107 Å². The van der Waals surface area contributed by atoms with Crippen LogP contribution in [0.15, 0.2) is 88.6 Å². The van der Waals surface area contributed by atoms with E-state index in [0.29, 0.717) is 18.2 Å². The summed E-state index contributed by atoms with van der Waals surface area (Å²) in [5.74, 6) is -2.89. The number of nitrogens with zero attached hydrogens (tertiary/aromatic N) is 5. The van der Waals surface area contributed by atoms with Crippen LogP contribution in [0.3, 0.4) is 0 Å². The van der Waals surface area contributed by atoms with Gasteiger partial charge < -0.3 is 15.5 Å². The van der Waals surface area contributed by atoms with Gasteiger partial charge in [-0.1, -0.05) is 5.04 Å². The molecule has 4 aromatic carbocycles. The molecule has 0 aliphatic carbocycles. The van der Waals surface area contributed by atoms with Gasteiger partial charge in [-0.25, -0.2) is 5.26 Å². The largest absolute Gasteiger partial charge is 0.505 e. The first-order valence-electron chi connectivity index (χ1n) is 12.8. The van der Waals surface area contributed by atoms with Crippen LogP contribution in [-0.2, 0) is 44.5 Å². The van der Waals surface area contributed by atoms with Crippen molar-refractivity contribution in [2.45, 2.75) is 26.5 Å². The minimum atomic E-state index is -5.30. The second-order valence-corrected chi connectivity index (χ2v) is 14.5. The number of rotatable bonds is 12. The van der Waals surface area contributed by atoms with Crippen molar-refractivity contribution in [3.05, 3.63) is 58.6 Å². The molecular weight excluding hydrogens is 773 g/mol. The third kappa shape index (κ3) is 8.75. The molecule has 0 aliphatic rings. The number of carbonyl (C=O) groups is 1. The van der Waals surface area contributed by atoms with E-state index in [1.165, 1.54) is 6.07 Å². The third-order valence-corrected chi connectivity index (χ3v) is 9.43. The smallest absolute Gasteiger partial charge is 0.301 e. The Balaban J connectivity index is 1.98. The van der Waals surface area contributed by atoms with E-state index in [4.69, 9.17) is 5.26 Å². The number of carbonyl (C=O) groups excluding carboxylic acids is 1. The highest BCUT2D eigenvalue weighted by atomic mass is 32.2. The summed E-state index contributed by atoms with van der Waals surface area (Å²) in [6, 6.07) is 6.52. The average molecular weight is 791 g/mol. The molecule has 0 fully saturated rings. The van der Waals surface area contributed by atoms with Gasteiger partial charge in [0.15, 0.2) is 16.4 Å². The van der Waals surface area contributed by atoms with Crippen LogP contribution in [0, 0.1) is 10.1 Å². The van der Waals surface area contributed by atoms with Gasteiger partial charge in [-0.05, 0) is 47.9 Å². The number of nitro groups is 1. The molecule has 270 valence electrons. The molecule has 1 amide bonds. The van der Waals surface area contributed by atoms with Gasteiger partial charge in [0, 0.05) is 18.7 Å². The van der Waals surface area contributed by atoms with Gasteiger partial charge in [0.05, 0.1) is 32.9 Å². The zero-order valence-electron chi connectivity index (χ0n) is 24.7. The molecule has 0 atom stereocenters. The number of hydrogen-bond donors (Lipinski definition) is 7. The van der Waals surface area contributed by atoms with Gasteiger partial charge in [-0.15, -0.1) is 19.7 Å². The third-order valence-electron chi connectivity index (χ3n) is 6.18. The van der Waals surface area contributed by atoms with E-state index in [1.807, 2.05) is 0 Å². The highest BCUT2D eigenvalue weighted by molar-refractivity contribution is 7.94. The van der Waals surface area contributed by atoms with Crippen molar-refractivity contribution in [1.82, 2.24) is 0 Å². The summed E-state index contributed by atoms with van der Waals surface area (Å²) < 4.78 is 106. The van der Waals surface area contributed by atoms with Crippen LogP contribution in [0.5, 0.6) is 11.5 Å². The predicted octanol–water partition coefficient (Wildman–Crippen LogP) is 5.12. The van der Waals surface area contributed by atoms with E-state index in [0.717, 1.165) is 31.2 Å². The lowest BCUT2D eigenvalue weighted by Gasteiger charge is -2.13. The maximum absolute atomic E-state index is 12.3. The Morgan fingerprint density at radius 2 is 1.41 bits per heavy atom. The number of nitrogens with one attached hydrogen (secondary N) is 1. The Kier molecular flexibility index (Phi) is 11.0. The average Bonchev–Trinajstić information content (AvgIpc) is 3.01. The van der Waals surface area contributed by atoms with Crippen molar-refractivity contribution >= 4 is 93.2 Å². The molecule has 0 heterocycles. The standard InChI is InChI=1S/C24H18N6O17S4/c1-10(31)25-12-2-4-14(17(8-12)49(37,38)39)27-28-21-16(48-47-46-36)6-11-7-19(51(43,44)45)22(24(33)20(11)23(21)32)29-26-13-3-5-15(30(34)35)18(9-13)50(40,41)42/h2-9,32-33,36H,1H3,(H,25,31)(H,37,38,39)(H,40,41,42)(H,43,44,45)/b28-27+,29-26+. The molecule has 51 heavy (non-hydrogen) atoms. The van der Waals surface area contributed by atoms with Crippen molar-refractivity contribution in [2.75, 3.05) is 5.32 Å². The highest BCUT2D eigenvalue weighted by Crippen LogP contribution is 2.51. The van der Waals surface area contributed by atoms with Crippen LogP contribution in [-0.4, -0.2) is 65.2 Å². The Bertz CT molecular complexity index is 2510. The number of anilines is 1. The predicted molar refractivity (Wildman–Crippen MR) is 170 cm³/mol. The number of amides is 1. The fourth-order valence-electron chi connectivity index (χ4n) is 4.18. The van der Waals surface area contributed by atoms with Gasteiger partial charge in [-0.2, -0.15) is 30.4 Å². The fraction of sp³-hybridized carbons (Fsp3) is 0.0417. The molecule has 7 N–H and O–H groups in total. The van der Waals surface area contributed by atoms with E-state index in [9.17, 15) is 64.0 Å². The quantitative estimate of drug-likeness (QED) is 0.0244. The minimum absolute atomic E-state index is 0.0726. The number of aromatic hydroxyl groups is 2. The fourth-order valence-corrected chi connectivity index (χ4v) is 6.66. The summed E-state index contributed by atoms with van der Waals surface area (Å²) in [5, 5.41) is 61.4. The molecule has 4 aromatic rings. The lowest BCUT2D eigenvalue weighted by atomic mass is 10.1. The van der Waals surface area contributed by atoms with Crippen LogP contribution in [0.25, 0.3) is 10.8 Å². The summed E-state index contributed by atoms with van der Waals surface area (Å²) in [6.07, 6.45) is 0. The molecule has 0 aliphatic heterocycles. The maximum Gasteiger partial charge on any atom is 0.301 e. The van der Waals surface area contributed by atoms with Crippen LogP contribution in [0.4, 0.5) is 34.1 Å². The zero-order valence-corrected chi connectivity index (χ0v) is 27.9. The van der Waals surface area contributed by atoms with Crippen molar-refractivity contribution in [3.63, 3.8) is 0 Å². The molecule has 0 spiro atoms. The van der Waals surface area contributed by atoms with E-state index in [1.54, 1.807) is 0 Å². The van der Waals surface area contributed by atoms with Gasteiger partial charge in [0.25, 0.3) is 25.9 Å². The number of fused-ring (bicyclic) bond motifs is 1. The van der Waals surface area contributed by atoms with Crippen molar-refractivity contribution in [3.8, 4) is 11.5 Å². The highest BCUT2D eigenvalue weighted by Gasteiger charge is 2.28. The molecule has 0 saturated carbocycles. The first-order chi connectivity index (χ1) is 23.6. The Labute approximate surface area is 288 Å². The van der Waals surface area contributed by atoms with Gasteiger partial charge in [-0.3, -0.25) is 28.6 Å². The molecule has 0 aromatic heterocycles. The molecule has 0 bridgehead atoms. The number of azo groups is 2. The van der Waals surface area contributed by atoms with E-state index in [2.05, 4.69) is 35.1 Å². The first-order valence-corrected chi connectivity index (χ1v) is 17.9. The lowest BCUT2D eigenvalue weighted by molar-refractivity contribution is -0.432. The summed E-state index contributed by atoms with van der Waals surface area (Å²) >= 11 is 0.113.